The van der Waals surface area contributed by atoms with Gasteiger partial charge in [-0.2, -0.15) is 46.5 Å². The monoisotopic (exact) mass is 350 g/mol. The molecule has 0 saturated heterocycles. The van der Waals surface area contributed by atoms with Crippen LogP contribution >= 0.6 is 0 Å². The third-order valence-corrected chi connectivity index (χ3v) is 4.66. The summed E-state index contributed by atoms with van der Waals surface area (Å²) < 4.78 is 0. The van der Waals surface area contributed by atoms with Crippen molar-refractivity contribution in [3.8, 4) is 0 Å². The molecule has 0 unspecified atom stereocenters. The molecule has 0 saturated carbocycles. The smallest absolute Gasteiger partial charge is 0.210 e. The largest absolute Gasteiger partial charge is 2.00 e. The topological polar surface area (TPSA) is 0 Å². The Labute approximate surface area is 173 Å². The summed E-state index contributed by atoms with van der Waals surface area (Å²) in [6, 6.07) is 13.8. The van der Waals surface area contributed by atoms with Gasteiger partial charge >= 0.3 is 23.1 Å². The maximum Gasteiger partial charge on any atom is 2.00 e. The van der Waals surface area contributed by atoms with Crippen molar-refractivity contribution in [3.63, 3.8) is 0 Å². The predicted octanol–water partition coefficient (Wildman–Crippen LogP) is 7.36. The summed E-state index contributed by atoms with van der Waals surface area (Å²) in [7, 11) is 0. The molecule has 0 bridgehead atoms. The van der Waals surface area contributed by atoms with Gasteiger partial charge in [0.2, 0.25) is 0 Å². The standard InChI is InChI=1S/2C12H19.Mg/c2*1-4-5-6-11-7-8-12(9-11)10(2)3;/h2*7-10H,4-6H2,1-3H3;/q2*-1;+2. The van der Waals surface area contributed by atoms with Crippen LogP contribution in [0.2, 0.25) is 0 Å². The molecule has 25 heavy (non-hydrogen) atoms. The molecule has 0 aliphatic carbocycles. The Kier molecular flexibility index (Phi) is 13.4. The van der Waals surface area contributed by atoms with Crippen LogP contribution in [0.4, 0.5) is 0 Å². The minimum Gasteiger partial charge on any atom is -0.210 e. The molecular weight excluding hydrogens is 313 g/mol. The van der Waals surface area contributed by atoms with E-state index < -0.39 is 0 Å². The van der Waals surface area contributed by atoms with Crippen LogP contribution in [-0.4, -0.2) is 23.1 Å². The van der Waals surface area contributed by atoms with Gasteiger partial charge < -0.3 is 0 Å². The van der Waals surface area contributed by atoms with Gasteiger partial charge in [-0.1, -0.05) is 91.9 Å². The Hall–Kier alpha value is -0.534. The van der Waals surface area contributed by atoms with Crippen molar-refractivity contribution in [2.45, 2.75) is 91.9 Å². The second-order valence-electron chi connectivity index (χ2n) is 7.62. The molecule has 0 fully saturated rings. The molecule has 0 radical (unpaired) electrons. The summed E-state index contributed by atoms with van der Waals surface area (Å²) in [6.07, 6.45) is 7.74. The van der Waals surface area contributed by atoms with Gasteiger partial charge in [-0.15, -0.1) is 0 Å². The molecule has 0 amide bonds. The number of hydrogen-bond acceptors (Lipinski definition) is 0. The summed E-state index contributed by atoms with van der Waals surface area (Å²) in [6.45, 7) is 13.5. The molecule has 136 valence electrons. The molecule has 0 heterocycles. The molecule has 0 aromatic heterocycles. The van der Waals surface area contributed by atoms with E-state index in [1.165, 1.54) is 60.8 Å². The van der Waals surface area contributed by atoms with Crippen molar-refractivity contribution >= 4 is 23.1 Å². The number of aryl methyl sites for hydroxylation is 2. The van der Waals surface area contributed by atoms with E-state index in [1.807, 2.05) is 0 Å². The maximum absolute atomic E-state index is 2.35. The minimum absolute atomic E-state index is 0. The number of rotatable bonds is 8. The molecule has 0 aliphatic heterocycles. The van der Waals surface area contributed by atoms with E-state index in [0.29, 0.717) is 11.8 Å². The zero-order chi connectivity index (χ0) is 17.9. The maximum atomic E-state index is 2.35. The van der Waals surface area contributed by atoms with Crippen molar-refractivity contribution in [1.82, 2.24) is 0 Å². The Morgan fingerprint density at radius 3 is 1.32 bits per heavy atom. The van der Waals surface area contributed by atoms with E-state index in [0.717, 1.165) is 0 Å². The second-order valence-corrected chi connectivity index (χ2v) is 7.62. The van der Waals surface area contributed by atoms with E-state index >= 15 is 0 Å². The molecule has 0 aliphatic rings. The quantitative estimate of drug-likeness (QED) is 0.344. The molecular formula is C24H38Mg. The Bertz CT molecular complexity index is 492. The fourth-order valence-electron chi connectivity index (χ4n) is 2.82. The van der Waals surface area contributed by atoms with Gasteiger partial charge in [0.05, 0.1) is 0 Å². The second kappa shape index (κ2) is 13.6. The zero-order valence-electron chi connectivity index (χ0n) is 17.6. The first-order valence-electron chi connectivity index (χ1n) is 9.98. The summed E-state index contributed by atoms with van der Waals surface area (Å²) in [5, 5.41) is 0. The molecule has 0 N–H and O–H groups in total. The van der Waals surface area contributed by atoms with E-state index in [-0.39, 0.29) is 23.1 Å². The van der Waals surface area contributed by atoms with Crippen LogP contribution in [0.25, 0.3) is 0 Å². The molecule has 2 rings (SSSR count). The fourth-order valence-corrected chi connectivity index (χ4v) is 2.82. The number of unbranched alkanes of at least 4 members (excludes halogenated alkanes) is 2. The van der Waals surface area contributed by atoms with Gasteiger partial charge in [-0.25, -0.2) is 12.1 Å². The van der Waals surface area contributed by atoms with E-state index in [2.05, 4.69) is 77.9 Å². The zero-order valence-corrected chi connectivity index (χ0v) is 19.0. The van der Waals surface area contributed by atoms with Crippen molar-refractivity contribution in [2.75, 3.05) is 0 Å². The van der Waals surface area contributed by atoms with Crippen molar-refractivity contribution in [1.29, 1.82) is 0 Å². The van der Waals surface area contributed by atoms with Crippen LogP contribution < -0.4 is 0 Å². The van der Waals surface area contributed by atoms with Gasteiger partial charge in [0.15, 0.2) is 0 Å². The number of hydrogen-bond donors (Lipinski definition) is 0. The molecule has 1 heteroatoms. The van der Waals surface area contributed by atoms with E-state index in [4.69, 9.17) is 0 Å². The van der Waals surface area contributed by atoms with Crippen LogP contribution in [0.5, 0.6) is 0 Å². The minimum atomic E-state index is 0. The molecule has 0 atom stereocenters. The SMILES string of the molecule is CCCCc1cc[c-](C(C)C)c1.CCCCc1cc[c-](C(C)C)c1.[Mg+2]. The van der Waals surface area contributed by atoms with Gasteiger partial charge in [-0.05, 0) is 0 Å². The molecule has 2 aromatic carbocycles. The fraction of sp³-hybridized carbons (Fsp3) is 0.583. The van der Waals surface area contributed by atoms with Crippen LogP contribution in [0.15, 0.2) is 36.4 Å². The summed E-state index contributed by atoms with van der Waals surface area (Å²) >= 11 is 0. The average molecular weight is 351 g/mol. The van der Waals surface area contributed by atoms with E-state index in [1.54, 1.807) is 0 Å². The third kappa shape index (κ3) is 9.65. The predicted molar refractivity (Wildman–Crippen MR) is 115 cm³/mol. The molecule has 2 aromatic rings. The summed E-state index contributed by atoms with van der Waals surface area (Å²) in [5.74, 6) is 1.36. The average Bonchev–Trinajstić information content (AvgIpc) is 3.21. The van der Waals surface area contributed by atoms with Crippen LogP contribution in [0, 0.1) is 0 Å². The first-order chi connectivity index (χ1) is 11.5. The Morgan fingerprint density at radius 2 is 1.08 bits per heavy atom. The van der Waals surface area contributed by atoms with E-state index in [9.17, 15) is 0 Å². The summed E-state index contributed by atoms with van der Waals surface area (Å²) in [4.78, 5) is 0. The Morgan fingerprint density at radius 1 is 0.720 bits per heavy atom. The van der Waals surface area contributed by atoms with Gasteiger partial charge in [0, 0.05) is 0 Å². The first kappa shape index (κ1) is 24.5. The molecule has 0 nitrogen and oxygen atoms in total. The van der Waals surface area contributed by atoms with Gasteiger partial charge in [0.1, 0.15) is 0 Å². The molecule has 0 spiro atoms. The van der Waals surface area contributed by atoms with Crippen LogP contribution in [0.1, 0.15) is 101 Å². The van der Waals surface area contributed by atoms with Crippen LogP contribution in [0.3, 0.4) is 0 Å². The van der Waals surface area contributed by atoms with Crippen molar-refractivity contribution in [2.24, 2.45) is 0 Å². The van der Waals surface area contributed by atoms with Gasteiger partial charge in [0.25, 0.3) is 0 Å². The van der Waals surface area contributed by atoms with Crippen molar-refractivity contribution < 1.29 is 0 Å². The normalized spacial score (nSPS) is 10.6. The Balaban J connectivity index is 0.000000443. The van der Waals surface area contributed by atoms with Crippen molar-refractivity contribution in [3.05, 3.63) is 58.7 Å². The van der Waals surface area contributed by atoms with Crippen LogP contribution in [-0.2, 0) is 12.8 Å². The van der Waals surface area contributed by atoms with Gasteiger partial charge in [-0.3, -0.25) is 0 Å². The third-order valence-electron chi connectivity index (χ3n) is 4.66. The first-order valence-corrected chi connectivity index (χ1v) is 9.98. The summed E-state index contributed by atoms with van der Waals surface area (Å²) in [5.41, 5.74) is 6.00.